The minimum absolute atomic E-state index is 0.102. The van der Waals surface area contributed by atoms with Crippen molar-refractivity contribution in [1.29, 1.82) is 0 Å². The quantitative estimate of drug-likeness (QED) is 0.878. The van der Waals surface area contributed by atoms with Crippen molar-refractivity contribution in [3.63, 3.8) is 0 Å². The number of aliphatic hydroxyl groups is 1. The Morgan fingerprint density at radius 2 is 2.26 bits per heavy atom. The van der Waals surface area contributed by atoms with E-state index in [2.05, 4.69) is 0 Å². The fourth-order valence-corrected chi connectivity index (χ4v) is 2.15. The fraction of sp³-hybridized carbons (Fsp3) is 0.500. The minimum atomic E-state index is -0.387. The van der Waals surface area contributed by atoms with Gasteiger partial charge in [-0.1, -0.05) is 6.07 Å². The largest absolute Gasteiger partial charge is 0.484 e. The van der Waals surface area contributed by atoms with Gasteiger partial charge in [-0.15, -0.1) is 0 Å². The van der Waals surface area contributed by atoms with Gasteiger partial charge in [0, 0.05) is 19.7 Å². The van der Waals surface area contributed by atoms with Crippen LogP contribution in [0.4, 0.5) is 4.39 Å². The van der Waals surface area contributed by atoms with Gasteiger partial charge in [0.2, 0.25) is 0 Å². The van der Waals surface area contributed by atoms with Gasteiger partial charge in [-0.25, -0.2) is 4.39 Å². The topological polar surface area (TPSA) is 49.8 Å². The van der Waals surface area contributed by atoms with Crippen molar-refractivity contribution in [3.05, 3.63) is 30.1 Å². The molecule has 1 aliphatic rings. The maximum absolute atomic E-state index is 12.9. The predicted octanol–water partition coefficient (Wildman–Crippen LogP) is 1.43. The van der Waals surface area contributed by atoms with E-state index in [1.54, 1.807) is 18.0 Å². The van der Waals surface area contributed by atoms with E-state index < -0.39 is 0 Å². The average molecular weight is 267 g/mol. The number of halogens is 1. The number of ether oxygens (including phenoxy) is 1. The molecule has 104 valence electrons. The van der Waals surface area contributed by atoms with Gasteiger partial charge in [0.15, 0.2) is 6.61 Å². The number of carbonyl (C=O) groups is 1. The van der Waals surface area contributed by atoms with Crippen LogP contribution in [0.2, 0.25) is 0 Å². The molecular formula is C14H18FNO3. The molecule has 0 saturated heterocycles. The Morgan fingerprint density at radius 3 is 2.89 bits per heavy atom. The molecule has 0 bridgehead atoms. The normalized spacial score (nSPS) is 21.6. The van der Waals surface area contributed by atoms with Gasteiger partial charge in [0.25, 0.3) is 5.91 Å². The number of rotatable bonds is 5. The first-order valence-electron chi connectivity index (χ1n) is 6.35. The summed E-state index contributed by atoms with van der Waals surface area (Å²) in [4.78, 5) is 13.4. The van der Waals surface area contributed by atoms with Crippen molar-refractivity contribution in [2.24, 2.45) is 5.92 Å². The average Bonchev–Trinajstić information content (AvgIpc) is 2.34. The van der Waals surface area contributed by atoms with E-state index in [1.807, 2.05) is 0 Å². The van der Waals surface area contributed by atoms with Crippen LogP contribution in [0.15, 0.2) is 24.3 Å². The second kappa shape index (κ2) is 6.02. The summed E-state index contributed by atoms with van der Waals surface area (Å²) in [6.45, 7) is 0.525. The van der Waals surface area contributed by atoms with Gasteiger partial charge >= 0.3 is 0 Å². The van der Waals surface area contributed by atoms with Crippen LogP contribution < -0.4 is 4.74 Å². The molecule has 0 unspecified atom stereocenters. The molecule has 1 amide bonds. The SMILES string of the molecule is CN(CC1CC(O)C1)C(=O)COc1cccc(F)c1. The third kappa shape index (κ3) is 3.92. The highest BCUT2D eigenvalue weighted by atomic mass is 19.1. The van der Waals surface area contributed by atoms with Crippen LogP contribution >= 0.6 is 0 Å². The van der Waals surface area contributed by atoms with Crippen LogP contribution in [-0.2, 0) is 4.79 Å². The smallest absolute Gasteiger partial charge is 0.260 e. The second-order valence-corrected chi connectivity index (χ2v) is 5.01. The molecule has 0 spiro atoms. The van der Waals surface area contributed by atoms with E-state index in [0.29, 0.717) is 18.2 Å². The van der Waals surface area contributed by atoms with Crippen LogP contribution in [0.25, 0.3) is 0 Å². The number of aliphatic hydroxyl groups excluding tert-OH is 1. The van der Waals surface area contributed by atoms with E-state index in [-0.39, 0.29) is 24.4 Å². The molecule has 0 aliphatic heterocycles. The van der Waals surface area contributed by atoms with Gasteiger partial charge in [-0.3, -0.25) is 4.79 Å². The van der Waals surface area contributed by atoms with Crippen LogP contribution in [-0.4, -0.2) is 42.2 Å². The fourth-order valence-electron chi connectivity index (χ4n) is 2.15. The van der Waals surface area contributed by atoms with Crippen LogP contribution in [0.5, 0.6) is 5.75 Å². The van der Waals surface area contributed by atoms with E-state index in [4.69, 9.17) is 4.74 Å². The Kier molecular flexibility index (Phi) is 4.37. The van der Waals surface area contributed by atoms with Gasteiger partial charge in [-0.2, -0.15) is 0 Å². The number of likely N-dealkylation sites (N-methyl/N-ethyl adjacent to an activating group) is 1. The Morgan fingerprint density at radius 1 is 1.53 bits per heavy atom. The first kappa shape index (κ1) is 13.8. The lowest BCUT2D eigenvalue weighted by molar-refractivity contribution is -0.133. The van der Waals surface area contributed by atoms with Crippen molar-refractivity contribution in [1.82, 2.24) is 4.90 Å². The maximum Gasteiger partial charge on any atom is 0.260 e. The van der Waals surface area contributed by atoms with Crippen molar-refractivity contribution in [2.75, 3.05) is 20.2 Å². The maximum atomic E-state index is 12.9. The molecule has 0 atom stereocenters. The first-order valence-corrected chi connectivity index (χ1v) is 6.35. The summed E-state index contributed by atoms with van der Waals surface area (Å²) in [7, 11) is 1.71. The summed E-state index contributed by atoms with van der Waals surface area (Å²) in [5, 5.41) is 9.18. The van der Waals surface area contributed by atoms with Gasteiger partial charge in [0.05, 0.1) is 6.10 Å². The van der Waals surface area contributed by atoms with E-state index in [0.717, 1.165) is 12.8 Å². The minimum Gasteiger partial charge on any atom is -0.484 e. The van der Waals surface area contributed by atoms with Crippen molar-refractivity contribution in [2.45, 2.75) is 18.9 Å². The molecule has 19 heavy (non-hydrogen) atoms. The molecule has 2 rings (SSSR count). The highest BCUT2D eigenvalue weighted by Crippen LogP contribution is 2.27. The lowest BCUT2D eigenvalue weighted by Gasteiger charge is -2.34. The molecular weight excluding hydrogens is 249 g/mol. The number of carbonyl (C=O) groups excluding carboxylic acids is 1. The van der Waals surface area contributed by atoms with E-state index in [9.17, 15) is 14.3 Å². The van der Waals surface area contributed by atoms with Gasteiger partial charge in [0.1, 0.15) is 11.6 Å². The van der Waals surface area contributed by atoms with Gasteiger partial charge < -0.3 is 14.7 Å². The zero-order valence-electron chi connectivity index (χ0n) is 10.9. The molecule has 0 aromatic heterocycles. The highest BCUT2D eigenvalue weighted by molar-refractivity contribution is 5.77. The Labute approximate surface area is 111 Å². The third-order valence-corrected chi connectivity index (χ3v) is 3.33. The number of hydrogen-bond acceptors (Lipinski definition) is 3. The van der Waals surface area contributed by atoms with Crippen molar-refractivity contribution >= 4 is 5.91 Å². The molecule has 1 aromatic carbocycles. The number of hydrogen-bond donors (Lipinski definition) is 1. The Hall–Kier alpha value is -1.62. The van der Waals surface area contributed by atoms with Crippen LogP contribution in [0.3, 0.4) is 0 Å². The lowest BCUT2D eigenvalue weighted by Crippen LogP contribution is -2.41. The zero-order chi connectivity index (χ0) is 13.8. The lowest BCUT2D eigenvalue weighted by atomic mass is 9.82. The summed E-state index contributed by atoms with van der Waals surface area (Å²) in [5.41, 5.74) is 0. The molecule has 4 nitrogen and oxygen atoms in total. The molecule has 1 aliphatic carbocycles. The first-order chi connectivity index (χ1) is 9.04. The second-order valence-electron chi connectivity index (χ2n) is 5.01. The summed E-state index contributed by atoms with van der Waals surface area (Å²) in [5.74, 6) is 0.186. The molecule has 1 N–H and O–H groups in total. The van der Waals surface area contributed by atoms with E-state index in [1.165, 1.54) is 18.2 Å². The molecule has 1 saturated carbocycles. The molecule has 0 radical (unpaired) electrons. The molecule has 1 aromatic rings. The predicted molar refractivity (Wildman–Crippen MR) is 68.3 cm³/mol. The van der Waals surface area contributed by atoms with Crippen molar-refractivity contribution < 1.29 is 19.0 Å². The van der Waals surface area contributed by atoms with Crippen LogP contribution in [0, 0.1) is 11.7 Å². The monoisotopic (exact) mass is 267 g/mol. The summed E-state index contributed by atoms with van der Waals surface area (Å²) < 4.78 is 18.2. The van der Waals surface area contributed by atoms with Crippen LogP contribution in [0.1, 0.15) is 12.8 Å². The molecule has 0 heterocycles. The summed E-state index contributed by atoms with van der Waals surface area (Å²) in [6, 6.07) is 5.71. The number of amides is 1. The standard InChI is InChI=1S/C14H18FNO3/c1-16(8-10-5-12(17)6-10)14(18)9-19-13-4-2-3-11(15)7-13/h2-4,7,10,12,17H,5-6,8-9H2,1H3. The number of benzene rings is 1. The molecule has 5 heteroatoms. The Balaban J connectivity index is 1.74. The zero-order valence-corrected chi connectivity index (χ0v) is 10.9. The Bertz CT molecular complexity index is 446. The third-order valence-electron chi connectivity index (χ3n) is 3.33. The summed E-state index contributed by atoms with van der Waals surface area (Å²) in [6.07, 6.45) is 1.29. The number of nitrogens with zero attached hydrogens (tertiary/aromatic N) is 1. The summed E-state index contributed by atoms with van der Waals surface area (Å²) >= 11 is 0. The van der Waals surface area contributed by atoms with Crippen molar-refractivity contribution in [3.8, 4) is 5.75 Å². The van der Waals surface area contributed by atoms with Gasteiger partial charge in [-0.05, 0) is 30.9 Å². The molecule has 1 fully saturated rings. The highest BCUT2D eigenvalue weighted by Gasteiger charge is 2.29. The van der Waals surface area contributed by atoms with E-state index >= 15 is 0 Å².